The lowest BCUT2D eigenvalue weighted by Crippen LogP contribution is -1.99. The second-order valence-electron chi connectivity index (χ2n) is 3.27. The first kappa shape index (κ1) is 10.6. The standard InChI is InChI=1S/C12H10BO3/c14-11-7-6-10(8-12(11)16-13-15)9-4-2-1-3-5-9/h1-8,14-15H. The summed E-state index contributed by atoms with van der Waals surface area (Å²) in [6.45, 7) is 0. The van der Waals surface area contributed by atoms with Crippen molar-refractivity contribution in [3.63, 3.8) is 0 Å². The lowest BCUT2D eigenvalue weighted by Gasteiger charge is -2.07. The highest BCUT2D eigenvalue weighted by Crippen LogP contribution is 2.31. The number of aromatic hydroxyl groups is 1. The predicted octanol–water partition coefficient (Wildman–Crippen LogP) is 1.96. The van der Waals surface area contributed by atoms with Gasteiger partial charge in [0.1, 0.15) is 5.75 Å². The third kappa shape index (κ3) is 2.17. The van der Waals surface area contributed by atoms with Gasteiger partial charge in [0.15, 0.2) is 5.75 Å². The van der Waals surface area contributed by atoms with Gasteiger partial charge in [-0.2, -0.15) is 0 Å². The van der Waals surface area contributed by atoms with Crippen molar-refractivity contribution in [2.45, 2.75) is 0 Å². The van der Waals surface area contributed by atoms with Gasteiger partial charge >= 0.3 is 7.69 Å². The number of hydrogen-bond donors (Lipinski definition) is 2. The molecule has 1 radical (unpaired) electrons. The molecule has 79 valence electrons. The Hall–Kier alpha value is -1.94. The zero-order valence-electron chi connectivity index (χ0n) is 8.50. The molecule has 0 saturated carbocycles. The molecule has 0 fully saturated rings. The molecule has 2 rings (SSSR count). The SMILES string of the molecule is O[B]Oc1cc(-c2ccccc2)ccc1O. The number of rotatable bonds is 3. The van der Waals surface area contributed by atoms with Gasteiger partial charge in [0.05, 0.1) is 0 Å². The first-order valence-electron chi connectivity index (χ1n) is 4.82. The molecule has 0 bridgehead atoms. The Kier molecular flexibility index (Phi) is 3.12. The molecule has 2 aromatic rings. The van der Waals surface area contributed by atoms with E-state index in [-0.39, 0.29) is 11.5 Å². The number of phenols is 1. The van der Waals surface area contributed by atoms with Crippen LogP contribution in [-0.4, -0.2) is 17.8 Å². The van der Waals surface area contributed by atoms with Crippen LogP contribution in [0.4, 0.5) is 0 Å². The molecule has 0 aliphatic rings. The maximum Gasteiger partial charge on any atom is 0.569 e. The van der Waals surface area contributed by atoms with Crippen LogP contribution in [0.2, 0.25) is 0 Å². The molecule has 3 nitrogen and oxygen atoms in total. The van der Waals surface area contributed by atoms with E-state index in [9.17, 15) is 5.11 Å². The Bertz CT molecular complexity index is 471. The summed E-state index contributed by atoms with van der Waals surface area (Å²) in [6.07, 6.45) is 0. The van der Waals surface area contributed by atoms with E-state index >= 15 is 0 Å². The highest BCUT2D eigenvalue weighted by Gasteiger charge is 2.05. The molecule has 4 heteroatoms. The molecule has 0 aliphatic heterocycles. The number of phenolic OH excluding ortho intramolecular Hbond substituents is 1. The topological polar surface area (TPSA) is 49.7 Å². The first-order chi connectivity index (χ1) is 7.81. The molecule has 2 aromatic carbocycles. The van der Waals surface area contributed by atoms with Crippen LogP contribution in [0, 0.1) is 0 Å². The van der Waals surface area contributed by atoms with Crippen molar-refractivity contribution in [2.24, 2.45) is 0 Å². The summed E-state index contributed by atoms with van der Waals surface area (Å²) < 4.78 is 4.78. The summed E-state index contributed by atoms with van der Waals surface area (Å²) in [4.78, 5) is 0. The quantitative estimate of drug-likeness (QED) is 0.766. The molecule has 2 N–H and O–H groups in total. The zero-order valence-corrected chi connectivity index (χ0v) is 8.50. The van der Waals surface area contributed by atoms with E-state index < -0.39 is 0 Å². The average Bonchev–Trinajstić information content (AvgIpc) is 2.33. The van der Waals surface area contributed by atoms with E-state index in [4.69, 9.17) is 9.68 Å². The number of hydrogen-bond acceptors (Lipinski definition) is 3. The Morgan fingerprint density at radius 1 is 0.938 bits per heavy atom. The van der Waals surface area contributed by atoms with E-state index in [1.807, 2.05) is 30.3 Å². The van der Waals surface area contributed by atoms with E-state index in [0.717, 1.165) is 11.1 Å². The van der Waals surface area contributed by atoms with Gasteiger partial charge in [-0.25, -0.2) is 0 Å². The van der Waals surface area contributed by atoms with Crippen LogP contribution >= 0.6 is 0 Å². The van der Waals surface area contributed by atoms with E-state index in [1.54, 1.807) is 12.1 Å². The minimum Gasteiger partial charge on any atom is -0.535 e. The Morgan fingerprint density at radius 3 is 2.38 bits per heavy atom. The summed E-state index contributed by atoms with van der Waals surface area (Å²) in [5.41, 5.74) is 1.93. The van der Waals surface area contributed by atoms with Crippen LogP contribution < -0.4 is 4.65 Å². The fourth-order valence-corrected chi connectivity index (χ4v) is 1.48. The molecule has 0 unspecified atom stereocenters. The van der Waals surface area contributed by atoms with Gasteiger partial charge in [-0.1, -0.05) is 36.4 Å². The maximum atomic E-state index is 9.46. The Balaban J connectivity index is 2.40. The van der Waals surface area contributed by atoms with Gasteiger partial charge in [-0.3, -0.25) is 0 Å². The molecule has 16 heavy (non-hydrogen) atoms. The average molecular weight is 213 g/mol. The van der Waals surface area contributed by atoms with Crippen LogP contribution in [-0.2, 0) is 0 Å². The summed E-state index contributed by atoms with van der Waals surface area (Å²) in [5.74, 6) is 0.217. The highest BCUT2D eigenvalue weighted by atomic mass is 16.5. The van der Waals surface area contributed by atoms with E-state index in [2.05, 4.69) is 0 Å². The second kappa shape index (κ2) is 4.72. The largest absolute Gasteiger partial charge is 0.569 e. The molecular weight excluding hydrogens is 203 g/mol. The molecule has 0 saturated heterocycles. The van der Waals surface area contributed by atoms with Gasteiger partial charge in [-0.15, -0.1) is 0 Å². The molecule has 0 amide bonds. The summed E-state index contributed by atoms with van der Waals surface area (Å²) >= 11 is 0. The fourth-order valence-electron chi connectivity index (χ4n) is 1.48. The smallest absolute Gasteiger partial charge is 0.535 e. The third-order valence-electron chi connectivity index (χ3n) is 2.25. The van der Waals surface area contributed by atoms with Gasteiger partial charge in [0.2, 0.25) is 0 Å². The summed E-state index contributed by atoms with van der Waals surface area (Å²) in [7, 11) is 0.545. The minimum atomic E-state index is -0.00928. The normalized spacial score (nSPS) is 9.81. The van der Waals surface area contributed by atoms with Gasteiger partial charge in [0, 0.05) is 0 Å². The van der Waals surface area contributed by atoms with Gasteiger partial charge in [-0.05, 0) is 23.3 Å². The van der Waals surface area contributed by atoms with Crippen molar-refractivity contribution in [1.82, 2.24) is 0 Å². The van der Waals surface area contributed by atoms with Gasteiger partial charge in [0.25, 0.3) is 0 Å². The van der Waals surface area contributed by atoms with Gasteiger partial charge < -0.3 is 14.8 Å². The van der Waals surface area contributed by atoms with Crippen molar-refractivity contribution in [1.29, 1.82) is 0 Å². The minimum absolute atomic E-state index is 0.00928. The van der Waals surface area contributed by atoms with Crippen molar-refractivity contribution in [3.8, 4) is 22.6 Å². The molecule has 0 heterocycles. The molecule has 0 aliphatic carbocycles. The van der Waals surface area contributed by atoms with E-state index in [0.29, 0.717) is 7.69 Å². The van der Waals surface area contributed by atoms with Crippen molar-refractivity contribution in [2.75, 3.05) is 0 Å². The number of benzene rings is 2. The second-order valence-corrected chi connectivity index (χ2v) is 3.27. The van der Waals surface area contributed by atoms with Crippen LogP contribution in [0.15, 0.2) is 48.5 Å². The molecular formula is C12H10BO3. The lowest BCUT2D eigenvalue weighted by molar-refractivity contribution is 0.410. The maximum absolute atomic E-state index is 9.46. The highest BCUT2D eigenvalue weighted by molar-refractivity contribution is 6.17. The fraction of sp³-hybridized carbons (Fsp3) is 0. The van der Waals surface area contributed by atoms with Crippen molar-refractivity contribution in [3.05, 3.63) is 48.5 Å². The summed E-state index contributed by atoms with van der Waals surface area (Å²) in [6, 6.07) is 14.7. The third-order valence-corrected chi connectivity index (χ3v) is 2.25. The molecule has 0 spiro atoms. The van der Waals surface area contributed by atoms with Crippen LogP contribution in [0.3, 0.4) is 0 Å². The first-order valence-corrected chi connectivity index (χ1v) is 4.82. The monoisotopic (exact) mass is 213 g/mol. The van der Waals surface area contributed by atoms with Crippen molar-refractivity contribution < 1.29 is 14.8 Å². The predicted molar refractivity (Wildman–Crippen MR) is 62.1 cm³/mol. The van der Waals surface area contributed by atoms with Crippen LogP contribution in [0.25, 0.3) is 11.1 Å². The zero-order chi connectivity index (χ0) is 11.4. The Labute approximate surface area is 94.2 Å². The van der Waals surface area contributed by atoms with Crippen LogP contribution in [0.5, 0.6) is 11.5 Å². The Morgan fingerprint density at radius 2 is 1.69 bits per heavy atom. The molecule has 0 atom stereocenters. The van der Waals surface area contributed by atoms with Crippen LogP contribution in [0.1, 0.15) is 0 Å². The van der Waals surface area contributed by atoms with E-state index in [1.165, 1.54) is 6.07 Å². The summed E-state index contributed by atoms with van der Waals surface area (Å²) in [5, 5.41) is 18.0. The molecule has 0 aromatic heterocycles. The van der Waals surface area contributed by atoms with Crippen molar-refractivity contribution >= 4 is 7.69 Å². The lowest BCUT2D eigenvalue weighted by atomic mass is 10.1.